The van der Waals surface area contributed by atoms with Crippen molar-refractivity contribution in [2.24, 2.45) is 11.3 Å². The van der Waals surface area contributed by atoms with E-state index in [9.17, 15) is 14.4 Å². The van der Waals surface area contributed by atoms with Crippen LogP contribution in [0.4, 0.5) is 4.79 Å². The summed E-state index contributed by atoms with van der Waals surface area (Å²) < 4.78 is 10.5. The van der Waals surface area contributed by atoms with Gasteiger partial charge >= 0.3 is 12.1 Å². The largest absolute Gasteiger partial charge is 0.465 e. The quantitative estimate of drug-likeness (QED) is 0.603. The van der Waals surface area contributed by atoms with Gasteiger partial charge in [-0.1, -0.05) is 0 Å². The van der Waals surface area contributed by atoms with Gasteiger partial charge in [0.15, 0.2) is 5.78 Å². The zero-order valence-corrected chi connectivity index (χ0v) is 15.0. The smallest absolute Gasteiger partial charge is 0.410 e. The average molecular weight is 340 g/mol. The van der Waals surface area contributed by atoms with Crippen LogP contribution in [0.15, 0.2) is 0 Å². The molecule has 0 aromatic rings. The summed E-state index contributed by atoms with van der Waals surface area (Å²) in [5, 5.41) is 3.23. The molecule has 1 N–H and O–H groups in total. The van der Waals surface area contributed by atoms with E-state index < -0.39 is 29.0 Å². The molecular weight excluding hydrogens is 312 g/mol. The highest BCUT2D eigenvalue weighted by Crippen LogP contribution is 2.38. The van der Waals surface area contributed by atoms with E-state index in [1.54, 1.807) is 27.7 Å². The van der Waals surface area contributed by atoms with E-state index in [-0.39, 0.29) is 18.9 Å². The molecule has 7 nitrogen and oxygen atoms in total. The first-order valence-electron chi connectivity index (χ1n) is 8.58. The summed E-state index contributed by atoms with van der Waals surface area (Å²) >= 11 is 0. The molecule has 0 aliphatic carbocycles. The number of hydrogen-bond donors (Lipinski definition) is 1. The lowest BCUT2D eigenvalue weighted by Crippen LogP contribution is -2.60. The average Bonchev–Trinajstić information content (AvgIpc) is 2.49. The second kappa shape index (κ2) is 7.09. The summed E-state index contributed by atoms with van der Waals surface area (Å²) in [6.45, 7) is 9.03. The SMILES string of the molecule is CCOC(=O)C1CN(C(=O)OC(C)(C)C)CC2(CCNCC2)C1=O. The molecule has 1 spiro atoms. The summed E-state index contributed by atoms with van der Waals surface area (Å²) in [6.07, 6.45) is 0.740. The van der Waals surface area contributed by atoms with Gasteiger partial charge in [0.05, 0.1) is 12.0 Å². The molecular formula is C17H28N2O5. The van der Waals surface area contributed by atoms with Crippen molar-refractivity contribution in [2.45, 2.75) is 46.1 Å². The molecule has 2 rings (SSSR count). The fraction of sp³-hybridized carbons (Fsp3) is 0.824. The van der Waals surface area contributed by atoms with Crippen molar-refractivity contribution in [1.82, 2.24) is 10.2 Å². The maximum absolute atomic E-state index is 13.0. The number of hydrogen-bond acceptors (Lipinski definition) is 6. The Bertz CT molecular complexity index is 506. The maximum atomic E-state index is 13.0. The van der Waals surface area contributed by atoms with Crippen molar-refractivity contribution in [3.63, 3.8) is 0 Å². The molecule has 2 heterocycles. The molecule has 0 radical (unpaired) electrons. The topological polar surface area (TPSA) is 84.9 Å². The van der Waals surface area contributed by atoms with E-state index in [4.69, 9.17) is 9.47 Å². The highest BCUT2D eigenvalue weighted by atomic mass is 16.6. The maximum Gasteiger partial charge on any atom is 0.410 e. The number of carbonyl (C=O) groups excluding carboxylic acids is 3. The van der Waals surface area contributed by atoms with Gasteiger partial charge in [-0.2, -0.15) is 0 Å². The van der Waals surface area contributed by atoms with Gasteiger partial charge in [0.1, 0.15) is 11.5 Å². The third kappa shape index (κ3) is 4.06. The summed E-state index contributed by atoms with van der Waals surface area (Å²) in [4.78, 5) is 39.2. The molecule has 136 valence electrons. The van der Waals surface area contributed by atoms with Crippen LogP contribution in [0, 0.1) is 11.3 Å². The van der Waals surface area contributed by atoms with Crippen LogP contribution < -0.4 is 5.32 Å². The van der Waals surface area contributed by atoms with E-state index in [1.165, 1.54) is 4.90 Å². The summed E-state index contributed by atoms with van der Waals surface area (Å²) in [5.41, 5.74) is -1.31. The van der Waals surface area contributed by atoms with E-state index >= 15 is 0 Å². The van der Waals surface area contributed by atoms with Crippen LogP contribution in [0.3, 0.4) is 0 Å². The molecule has 1 unspecified atom stereocenters. The van der Waals surface area contributed by atoms with Crippen molar-refractivity contribution in [1.29, 1.82) is 0 Å². The Morgan fingerprint density at radius 3 is 2.46 bits per heavy atom. The van der Waals surface area contributed by atoms with Crippen LogP contribution in [-0.2, 0) is 19.1 Å². The van der Waals surface area contributed by atoms with Crippen LogP contribution in [-0.4, -0.2) is 61.1 Å². The van der Waals surface area contributed by atoms with Crippen molar-refractivity contribution in [3.8, 4) is 0 Å². The molecule has 2 aliphatic rings. The minimum atomic E-state index is -0.927. The van der Waals surface area contributed by atoms with Gasteiger partial charge in [0.2, 0.25) is 0 Å². The van der Waals surface area contributed by atoms with E-state index in [0.29, 0.717) is 32.5 Å². The Kier molecular flexibility index (Phi) is 5.52. The number of piperidine rings is 2. The first kappa shape index (κ1) is 18.7. The van der Waals surface area contributed by atoms with Gasteiger partial charge in [-0.15, -0.1) is 0 Å². The highest BCUT2D eigenvalue weighted by molar-refractivity contribution is 6.03. The first-order chi connectivity index (χ1) is 11.2. The van der Waals surface area contributed by atoms with Gasteiger partial charge in [0.25, 0.3) is 0 Å². The van der Waals surface area contributed by atoms with Crippen molar-refractivity contribution >= 4 is 17.8 Å². The molecule has 2 saturated heterocycles. The Morgan fingerprint density at radius 2 is 1.92 bits per heavy atom. The van der Waals surface area contributed by atoms with Crippen molar-refractivity contribution in [3.05, 3.63) is 0 Å². The molecule has 1 atom stereocenters. The number of nitrogens with zero attached hydrogens (tertiary/aromatic N) is 1. The van der Waals surface area contributed by atoms with Crippen molar-refractivity contribution < 1.29 is 23.9 Å². The molecule has 1 amide bonds. The summed E-state index contributed by atoms with van der Waals surface area (Å²) in [7, 11) is 0. The van der Waals surface area contributed by atoms with E-state index in [1.807, 2.05) is 0 Å². The lowest BCUT2D eigenvalue weighted by Gasteiger charge is -2.46. The van der Waals surface area contributed by atoms with Gasteiger partial charge in [0, 0.05) is 13.1 Å². The zero-order chi connectivity index (χ0) is 18.0. The normalized spacial score (nSPS) is 23.9. The fourth-order valence-electron chi connectivity index (χ4n) is 3.38. The predicted molar refractivity (Wildman–Crippen MR) is 87.5 cm³/mol. The second-order valence-electron chi connectivity index (χ2n) is 7.56. The zero-order valence-electron chi connectivity index (χ0n) is 15.0. The van der Waals surface area contributed by atoms with Gasteiger partial charge in [-0.3, -0.25) is 9.59 Å². The van der Waals surface area contributed by atoms with Crippen LogP contribution in [0.5, 0.6) is 0 Å². The van der Waals surface area contributed by atoms with Crippen LogP contribution >= 0.6 is 0 Å². The van der Waals surface area contributed by atoms with Crippen LogP contribution in [0.25, 0.3) is 0 Å². The third-order valence-corrected chi connectivity index (χ3v) is 4.52. The predicted octanol–water partition coefficient (Wildman–Crippen LogP) is 1.36. The molecule has 7 heteroatoms. The Balaban J connectivity index is 2.25. The lowest BCUT2D eigenvalue weighted by molar-refractivity contribution is -0.159. The molecule has 2 aliphatic heterocycles. The fourth-order valence-corrected chi connectivity index (χ4v) is 3.38. The van der Waals surface area contributed by atoms with Crippen LogP contribution in [0.1, 0.15) is 40.5 Å². The molecule has 0 aromatic carbocycles. The number of carbonyl (C=O) groups is 3. The molecule has 0 saturated carbocycles. The standard InChI is InChI=1S/C17H28N2O5/c1-5-23-14(21)12-10-19(15(22)24-16(2,3)4)11-17(13(12)20)6-8-18-9-7-17/h12,18H,5-11H2,1-4H3. The second-order valence-corrected chi connectivity index (χ2v) is 7.56. The molecule has 2 fully saturated rings. The Labute approximate surface area is 143 Å². The number of Topliss-reactive ketones (excluding diaryl/α,β-unsaturated/α-hetero) is 1. The Hall–Kier alpha value is -1.63. The van der Waals surface area contributed by atoms with Gasteiger partial charge < -0.3 is 19.7 Å². The Morgan fingerprint density at radius 1 is 1.29 bits per heavy atom. The highest BCUT2D eigenvalue weighted by Gasteiger charge is 2.52. The third-order valence-electron chi connectivity index (χ3n) is 4.52. The van der Waals surface area contributed by atoms with Crippen LogP contribution in [0.2, 0.25) is 0 Å². The number of nitrogens with one attached hydrogen (secondary N) is 1. The number of ether oxygens (including phenoxy) is 2. The summed E-state index contributed by atoms with van der Waals surface area (Å²) in [5.74, 6) is -1.57. The van der Waals surface area contributed by atoms with Crippen molar-refractivity contribution in [2.75, 3.05) is 32.8 Å². The van der Waals surface area contributed by atoms with E-state index in [0.717, 1.165) is 0 Å². The number of rotatable bonds is 2. The number of likely N-dealkylation sites (tertiary alicyclic amines) is 1. The number of ketones is 1. The lowest BCUT2D eigenvalue weighted by atomic mass is 9.68. The molecule has 24 heavy (non-hydrogen) atoms. The van der Waals surface area contributed by atoms with Gasteiger partial charge in [-0.05, 0) is 53.6 Å². The summed E-state index contributed by atoms with van der Waals surface area (Å²) in [6, 6.07) is 0. The molecule has 0 bridgehead atoms. The minimum Gasteiger partial charge on any atom is -0.465 e. The van der Waals surface area contributed by atoms with Gasteiger partial charge in [-0.25, -0.2) is 4.79 Å². The number of esters is 1. The first-order valence-corrected chi connectivity index (χ1v) is 8.58. The number of amides is 1. The monoisotopic (exact) mass is 340 g/mol. The van der Waals surface area contributed by atoms with E-state index in [2.05, 4.69) is 5.32 Å². The molecule has 0 aromatic heterocycles. The minimum absolute atomic E-state index is 0.0295.